The summed E-state index contributed by atoms with van der Waals surface area (Å²) in [4.78, 5) is 40.5. The topological polar surface area (TPSA) is 98.7 Å². The zero-order valence-corrected chi connectivity index (χ0v) is 16.9. The van der Waals surface area contributed by atoms with Gasteiger partial charge in [0.1, 0.15) is 6.04 Å². The Hall–Kier alpha value is -1.77. The van der Waals surface area contributed by atoms with Gasteiger partial charge in [0.2, 0.25) is 17.7 Å². The highest BCUT2D eigenvalue weighted by molar-refractivity contribution is 8.02. The third kappa shape index (κ3) is 2.81. The summed E-state index contributed by atoms with van der Waals surface area (Å²) in [7, 11) is 1.57. The maximum absolute atomic E-state index is 13.3. The lowest BCUT2D eigenvalue weighted by molar-refractivity contribution is -0.139. The van der Waals surface area contributed by atoms with E-state index < -0.39 is 22.6 Å². The van der Waals surface area contributed by atoms with E-state index >= 15 is 0 Å². The highest BCUT2D eigenvalue weighted by Crippen LogP contribution is 2.66. The molecule has 4 rings (SSSR count). The van der Waals surface area contributed by atoms with Gasteiger partial charge in [-0.15, -0.1) is 11.8 Å². The second-order valence-electron chi connectivity index (χ2n) is 7.42. The number of benzene rings is 1. The summed E-state index contributed by atoms with van der Waals surface area (Å²) in [6, 6.07) is 6.05. The summed E-state index contributed by atoms with van der Waals surface area (Å²) < 4.78 is -0.634. The predicted molar refractivity (Wildman–Crippen MR) is 107 cm³/mol. The van der Waals surface area contributed by atoms with E-state index in [0.29, 0.717) is 17.1 Å². The molecule has 0 aliphatic carbocycles. The molecule has 3 heterocycles. The molecule has 7 nitrogen and oxygen atoms in total. The highest BCUT2D eigenvalue weighted by Gasteiger charge is 2.73. The monoisotopic (exact) mass is 423 g/mol. The number of halogens is 1. The maximum Gasteiger partial charge on any atom is 0.248 e. The number of anilines is 1. The first-order valence-electron chi connectivity index (χ1n) is 9.30. The molecule has 3 fully saturated rings. The fourth-order valence-corrected chi connectivity index (χ4v) is 7.36. The number of nitrogens with one attached hydrogen (secondary N) is 2. The number of hydrogen-bond donors (Lipinski definition) is 3. The molecule has 150 valence electrons. The molecule has 0 saturated carbocycles. The van der Waals surface area contributed by atoms with Crippen molar-refractivity contribution in [3.8, 4) is 0 Å². The molecule has 3 aliphatic rings. The van der Waals surface area contributed by atoms with Gasteiger partial charge in [-0.2, -0.15) is 0 Å². The molecule has 3 N–H and O–H groups in total. The second-order valence-corrected chi connectivity index (χ2v) is 9.46. The predicted octanol–water partition coefficient (Wildman–Crippen LogP) is 1.11. The van der Waals surface area contributed by atoms with Gasteiger partial charge in [-0.05, 0) is 37.1 Å². The van der Waals surface area contributed by atoms with Crippen LogP contribution in [0.15, 0.2) is 24.3 Å². The van der Waals surface area contributed by atoms with Gasteiger partial charge in [-0.25, -0.2) is 0 Å². The van der Waals surface area contributed by atoms with Crippen LogP contribution in [0, 0.1) is 11.8 Å². The Morgan fingerprint density at radius 2 is 2.04 bits per heavy atom. The maximum atomic E-state index is 13.3. The lowest BCUT2D eigenvalue weighted by Crippen LogP contribution is -2.52. The first kappa shape index (κ1) is 19.5. The number of hydrogen-bond acceptors (Lipinski definition) is 5. The van der Waals surface area contributed by atoms with Gasteiger partial charge in [0, 0.05) is 29.6 Å². The van der Waals surface area contributed by atoms with Gasteiger partial charge in [0.15, 0.2) is 0 Å². The molecular formula is C19H22ClN3O4S. The number of thioether (sulfide) groups is 1. The van der Waals surface area contributed by atoms with Crippen molar-refractivity contribution in [2.45, 2.75) is 28.9 Å². The number of carbonyl (C=O) groups is 3. The molecule has 1 spiro atoms. The van der Waals surface area contributed by atoms with Gasteiger partial charge < -0.3 is 20.6 Å². The highest BCUT2D eigenvalue weighted by atomic mass is 35.5. The Morgan fingerprint density at radius 1 is 1.32 bits per heavy atom. The summed E-state index contributed by atoms with van der Waals surface area (Å²) in [5.41, 5.74) is 0.589. The summed E-state index contributed by atoms with van der Waals surface area (Å²) in [6.07, 6.45) is 1.50. The number of carbonyl (C=O) groups excluding carboxylic acids is 3. The normalized spacial score (nSPS) is 33.1. The van der Waals surface area contributed by atoms with E-state index in [1.807, 2.05) is 0 Å². The average molecular weight is 424 g/mol. The Kier molecular flexibility index (Phi) is 5.05. The number of β-amino-alcohol motifs (C(OH)–C–C–N with tert-alkyl or cyclic N) is 1. The molecule has 0 radical (unpaired) electrons. The van der Waals surface area contributed by atoms with Crippen LogP contribution in [0.5, 0.6) is 0 Å². The smallest absolute Gasteiger partial charge is 0.248 e. The van der Waals surface area contributed by atoms with Crippen molar-refractivity contribution in [1.29, 1.82) is 0 Å². The van der Waals surface area contributed by atoms with Crippen molar-refractivity contribution < 1.29 is 19.5 Å². The third-order valence-electron chi connectivity index (χ3n) is 6.05. The minimum absolute atomic E-state index is 0.0380. The summed E-state index contributed by atoms with van der Waals surface area (Å²) in [5, 5.41) is 15.6. The van der Waals surface area contributed by atoms with E-state index in [0.717, 1.165) is 6.42 Å². The van der Waals surface area contributed by atoms with Crippen LogP contribution < -0.4 is 10.6 Å². The van der Waals surface area contributed by atoms with Crippen molar-refractivity contribution in [3.05, 3.63) is 29.3 Å². The van der Waals surface area contributed by atoms with Crippen molar-refractivity contribution in [3.63, 3.8) is 0 Å². The van der Waals surface area contributed by atoms with Gasteiger partial charge >= 0.3 is 0 Å². The molecule has 3 aliphatic heterocycles. The van der Waals surface area contributed by atoms with Crippen molar-refractivity contribution in [2.24, 2.45) is 11.8 Å². The van der Waals surface area contributed by atoms with Crippen LogP contribution in [0.25, 0.3) is 0 Å². The van der Waals surface area contributed by atoms with Crippen LogP contribution in [-0.4, -0.2) is 64.0 Å². The molecule has 5 atom stereocenters. The SMILES string of the molecule is CNC(=O)[C@@H]1[C@@H]2CCC3(S2)C(C(=O)Nc2ccc(Cl)cc2)N(CCO)C(=O)[C@H]13. The molecule has 28 heavy (non-hydrogen) atoms. The van der Waals surface area contributed by atoms with Gasteiger partial charge in [0.25, 0.3) is 0 Å². The number of amides is 3. The number of aliphatic hydroxyl groups is 1. The van der Waals surface area contributed by atoms with Crippen molar-refractivity contribution in [1.82, 2.24) is 10.2 Å². The van der Waals surface area contributed by atoms with Crippen molar-refractivity contribution in [2.75, 3.05) is 25.5 Å². The lowest BCUT2D eigenvalue weighted by Gasteiger charge is -2.34. The molecule has 9 heteroatoms. The minimum atomic E-state index is -0.725. The number of rotatable bonds is 5. The zero-order chi connectivity index (χ0) is 20.1. The van der Waals surface area contributed by atoms with E-state index in [1.54, 1.807) is 43.1 Å². The van der Waals surface area contributed by atoms with E-state index in [2.05, 4.69) is 10.6 Å². The fourth-order valence-electron chi connectivity index (χ4n) is 5.01. The number of aliphatic hydroxyl groups excluding tert-OH is 1. The summed E-state index contributed by atoms with van der Waals surface area (Å²) >= 11 is 7.50. The fraction of sp³-hybridized carbons (Fsp3) is 0.526. The first-order chi connectivity index (χ1) is 13.4. The number of nitrogens with zero attached hydrogens (tertiary/aromatic N) is 1. The standard InChI is InChI=1S/C19H22ClN3O4S/c1-21-16(25)13-12-6-7-19(28-12)14(13)18(27)23(8-9-24)15(19)17(26)22-11-4-2-10(20)3-5-11/h2-5,12-15,24H,6-9H2,1H3,(H,21,25)(H,22,26)/t12-,13+,14-,15?,19?/m0/s1. The number of likely N-dealkylation sites (tertiary alicyclic amines) is 1. The van der Waals surface area contributed by atoms with Crippen LogP contribution in [0.3, 0.4) is 0 Å². The first-order valence-corrected chi connectivity index (χ1v) is 10.6. The molecule has 3 amide bonds. The summed E-state index contributed by atoms with van der Waals surface area (Å²) in [5.74, 6) is -1.64. The minimum Gasteiger partial charge on any atom is -0.395 e. The van der Waals surface area contributed by atoms with E-state index in [1.165, 1.54) is 4.90 Å². The zero-order valence-electron chi connectivity index (χ0n) is 15.4. The number of fused-ring (bicyclic) bond motifs is 1. The molecule has 2 unspecified atom stereocenters. The Bertz CT molecular complexity index is 820. The molecule has 3 saturated heterocycles. The molecule has 2 bridgehead atoms. The van der Waals surface area contributed by atoms with Gasteiger partial charge in [0.05, 0.1) is 23.2 Å². The molecular weight excluding hydrogens is 402 g/mol. The third-order valence-corrected chi connectivity index (χ3v) is 8.25. The quantitative estimate of drug-likeness (QED) is 0.659. The van der Waals surface area contributed by atoms with E-state index in [4.69, 9.17) is 11.6 Å². The second kappa shape index (κ2) is 7.24. The average Bonchev–Trinajstić information content (AvgIpc) is 3.31. The van der Waals surface area contributed by atoms with E-state index in [9.17, 15) is 19.5 Å². The Labute approximate surface area is 172 Å². The Balaban J connectivity index is 1.68. The van der Waals surface area contributed by atoms with Crippen LogP contribution in [-0.2, 0) is 14.4 Å². The lowest BCUT2D eigenvalue weighted by atomic mass is 9.71. The molecule has 0 aromatic heterocycles. The van der Waals surface area contributed by atoms with Crippen LogP contribution in [0.2, 0.25) is 5.02 Å². The molecule has 1 aromatic rings. The Morgan fingerprint density at radius 3 is 2.68 bits per heavy atom. The van der Waals surface area contributed by atoms with Crippen LogP contribution in [0.1, 0.15) is 12.8 Å². The van der Waals surface area contributed by atoms with Crippen LogP contribution in [0.4, 0.5) is 5.69 Å². The van der Waals surface area contributed by atoms with Gasteiger partial charge in [-0.3, -0.25) is 14.4 Å². The largest absolute Gasteiger partial charge is 0.395 e. The van der Waals surface area contributed by atoms with Crippen LogP contribution >= 0.6 is 23.4 Å². The van der Waals surface area contributed by atoms with Crippen molar-refractivity contribution >= 4 is 46.8 Å². The van der Waals surface area contributed by atoms with E-state index in [-0.39, 0.29) is 36.1 Å². The molecule has 1 aromatic carbocycles. The summed E-state index contributed by atoms with van der Waals surface area (Å²) in [6.45, 7) is -0.167. The van der Waals surface area contributed by atoms with Gasteiger partial charge in [-0.1, -0.05) is 11.6 Å².